The number of aliphatic hydroxyl groups is 1. The Kier molecular flexibility index (Phi) is 3.03. The van der Waals surface area contributed by atoms with Gasteiger partial charge in [0.15, 0.2) is 0 Å². The van der Waals surface area contributed by atoms with Gasteiger partial charge < -0.3 is 15.8 Å². The van der Waals surface area contributed by atoms with Crippen molar-refractivity contribution in [3.05, 3.63) is 41.9 Å². The Balaban J connectivity index is 2.31. The van der Waals surface area contributed by atoms with Crippen LogP contribution < -0.4 is 5.73 Å². The molecule has 0 amide bonds. The minimum atomic E-state index is -0.724. The average Bonchev–Trinajstić information content (AvgIpc) is 2.77. The molecule has 1 unspecified atom stereocenters. The quantitative estimate of drug-likeness (QED) is 0.727. The van der Waals surface area contributed by atoms with E-state index in [0.29, 0.717) is 5.82 Å². The van der Waals surface area contributed by atoms with Crippen LogP contribution in [0.25, 0.3) is 11.3 Å². The summed E-state index contributed by atoms with van der Waals surface area (Å²) in [6.07, 6.45) is 0.988. The summed E-state index contributed by atoms with van der Waals surface area (Å²) in [6.45, 7) is 2.20. The summed E-state index contributed by atoms with van der Waals surface area (Å²) in [5, 5.41) is 9.53. The number of nitrogens with zero attached hydrogens (tertiary/aromatic N) is 1. The number of H-pyrrole nitrogens is 1. The number of aromatic nitrogens is 2. The molecular weight excluding hydrogens is 202 g/mol. The maximum absolute atomic E-state index is 9.53. The summed E-state index contributed by atoms with van der Waals surface area (Å²) in [5.74, 6) is 0.513. The molecule has 16 heavy (non-hydrogen) atoms. The van der Waals surface area contributed by atoms with Crippen LogP contribution in [0.2, 0.25) is 0 Å². The lowest BCUT2D eigenvalue weighted by atomic mass is 10.1. The molecule has 84 valence electrons. The number of aryl methyl sites for hydroxylation is 1. The number of hydrogen-bond acceptors (Lipinski definition) is 3. The first-order chi connectivity index (χ1) is 7.70. The second kappa shape index (κ2) is 4.47. The van der Waals surface area contributed by atoms with Gasteiger partial charge in [0.25, 0.3) is 0 Å². The third-order valence-electron chi connectivity index (χ3n) is 2.46. The molecule has 0 radical (unpaired) electrons. The molecule has 0 saturated heterocycles. The van der Waals surface area contributed by atoms with Crippen molar-refractivity contribution in [3.8, 4) is 11.3 Å². The monoisotopic (exact) mass is 217 g/mol. The fourth-order valence-corrected chi connectivity index (χ4v) is 1.58. The average molecular weight is 217 g/mol. The van der Waals surface area contributed by atoms with Crippen LogP contribution in [0.4, 0.5) is 0 Å². The Bertz CT molecular complexity index is 479. The molecule has 1 aromatic carbocycles. The molecule has 0 spiro atoms. The van der Waals surface area contributed by atoms with Crippen LogP contribution in [0.15, 0.2) is 30.5 Å². The summed E-state index contributed by atoms with van der Waals surface area (Å²) in [4.78, 5) is 7.17. The highest BCUT2D eigenvalue weighted by Crippen LogP contribution is 2.19. The standard InChI is InChI=1S/C12H15N3O/c1-8-3-2-4-9(5-8)10-7-14-12(15-10)11(16)6-13/h2-5,7,11,16H,6,13H2,1H3,(H,14,15). The van der Waals surface area contributed by atoms with Crippen LogP contribution in [0, 0.1) is 6.92 Å². The van der Waals surface area contributed by atoms with Gasteiger partial charge in [0.1, 0.15) is 11.9 Å². The summed E-state index contributed by atoms with van der Waals surface area (Å²) >= 11 is 0. The topological polar surface area (TPSA) is 74.9 Å². The summed E-state index contributed by atoms with van der Waals surface area (Å²) < 4.78 is 0. The van der Waals surface area contributed by atoms with Gasteiger partial charge in [-0.3, -0.25) is 0 Å². The summed E-state index contributed by atoms with van der Waals surface area (Å²) in [7, 11) is 0. The molecule has 2 aromatic rings. The fraction of sp³-hybridized carbons (Fsp3) is 0.250. The Morgan fingerprint density at radius 3 is 3.00 bits per heavy atom. The van der Waals surface area contributed by atoms with Crippen LogP contribution in [0.5, 0.6) is 0 Å². The van der Waals surface area contributed by atoms with Gasteiger partial charge in [-0.25, -0.2) is 4.98 Å². The molecule has 0 saturated carbocycles. The van der Waals surface area contributed by atoms with Gasteiger partial charge in [-0.05, 0) is 18.6 Å². The van der Waals surface area contributed by atoms with E-state index in [1.165, 1.54) is 5.56 Å². The number of nitrogens with two attached hydrogens (primary N) is 1. The smallest absolute Gasteiger partial charge is 0.136 e. The molecule has 1 aromatic heterocycles. The summed E-state index contributed by atoms with van der Waals surface area (Å²) in [6, 6.07) is 8.09. The zero-order chi connectivity index (χ0) is 11.5. The second-order valence-electron chi connectivity index (χ2n) is 3.80. The van der Waals surface area contributed by atoms with Gasteiger partial charge >= 0.3 is 0 Å². The van der Waals surface area contributed by atoms with Gasteiger partial charge in [-0.2, -0.15) is 0 Å². The lowest BCUT2D eigenvalue weighted by molar-refractivity contribution is 0.177. The number of nitrogens with one attached hydrogen (secondary N) is 1. The van der Waals surface area contributed by atoms with Crippen LogP contribution >= 0.6 is 0 Å². The molecule has 0 aliphatic heterocycles. The highest BCUT2D eigenvalue weighted by molar-refractivity contribution is 5.59. The van der Waals surface area contributed by atoms with Gasteiger partial charge in [0.2, 0.25) is 0 Å². The Morgan fingerprint density at radius 2 is 2.31 bits per heavy atom. The number of aliphatic hydroxyl groups excluding tert-OH is 1. The van der Waals surface area contributed by atoms with Crippen LogP contribution in [0.1, 0.15) is 17.5 Å². The van der Waals surface area contributed by atoms with E-state index in [4.69, 9.17) is 5.73 Å². The molecule has 0 fully saturated rings. The van der Waals surface area contributed by atoms with E-state index in [0.717, 1.165) is 11.3 Å². The van der Waals surface area contributed by atoms with E-state index >= 15 is 0 Å². The van der Waals surface area contributed by atoms with Crippen molar-refractivity contribution < 1.29 is 5.11 Å². The van der Waals surface area contributed by atoms with E-state index in [9.17, 15) is 5.11 Å². The lowest BCUT2D eigenvalue weighted by Gasteiger charge is -2.03. The molecule has 4 N–H and O–H groups in total. The van der Waals surface area contributed by atoms with Gasteiger partial charge in [-0.1, -0.05) is 23.8 Å². The van der Waals surface area contributed by atoms with Crippen LogP contribution in [-0.2, 0) is 0 Å². The Labute approximate surface area is 94.1 Å². The Morgan fingerprint density at radius 1 is 1.50 bits per heavy atom. The molecule has 2 rings (SSSR count). The van der Waals surface area contributed by atoms with Crippen LogP contribution in [-0.4, -0.2) is 21.6 Å². The van der Waals surface area contributed by atoms with Crippen molar-refractivity contribution in [2.75, 3.05) is 6.54 Å². The number of benzene rings is 1. The van der Waals surface area contributed by atoms with E-state index < -0.39 is 6.10 Å². The minimum absolute atomic E-state index is 0.167. The predicted octanol–water partition coefficient (Wildman–Crippen LogP) is 1.38. The summed E-state index contributed by atoms with van der Waals surface area (Å²) in [5.41, 5.74) is 8.51. The van der Waals surface area contributed by atoms with Gasteiger partial charge in [0.05, 0.1) is 11.9 Å². The number of rotatable bonds is 3. The van der Waals surface area contributed by atoms with Gasteiger partial charge in [0, 0.05) is 6.54 Å². The van der Waals surface area contributed by atoms with Gasteiger partial charge in [-0.15, -0.1) is 0 Å². The lowest BCUT2D eigenvalue weighted by Crippen LogP contribution is -2.12. The molecule has 1 atom stereocenters. The van der Waals surface area contributed by atoms with Crippen molar-refractivity contribution in [3.63, 3.8) is 0 Å². The zero-order valence-corrected chi connectivity index (χ0v) is 9.14. The molecule has 4 nitrogen and oxygen atoms in total. The molecule has 4 heteroatoms. The van der Waals surface area contributed by atoms with Crippen molar-refractivity contribution in [1.29, 1.82) is 0 Å². The van der Waals surface area contributed by atoms with E-state index in [1.54, 1.807) is 6.20 Å². The van der Waals surface area contributed by atoms with E-state index in [2.05, 4.69) is 16.0 Å². The number of imidazole rings is 1. The molecule has 0 aliphatic rings. The predicted molar refractivity (Wildman–Crippen MR) is 62.8 cm³/mol. The zero-order valence-electron chi connectivity index (χ0n) is 9.14. The molecular formula is C12H15N3O. The van der Waals surface area contributed by atoms with E-state index in [1.807, 2.05) is 25.1 Å². The van der Waals surface area contributed by atoms with Crippen molar-refractivity contribution in [1.82, 2.24) is 9.97 Å². The van der Waals surface area contributed by atoms with E-state index in [-0.39, 0.29) is 6.54 Å². The maximum atomic E-state index is 9.53. The first-order valence-electron chi connectivity index (χ1n) is 5.21. The van der Waals surface area contributed by atoms with Crippen molar-refractivity contribution >= 4 is 0 Å². The first kappa shape index (κ1) is 10.9. The molecule has 0 bridgehead atoms. The highest BCUT2D eigenvalue weighted by atomic mass is 16.3. The van der Waals surface area contributed by atoms with Crippen LogP contribution in [0.3, 0.4) is 0 Å². The maximum Gasteiger partial charge on any atom is 0.136 e. The van der Waals surface area contributed by atoms with Crippen molar-refractivity contribution in [2.24, 2.45) is 5.73 Å². The molecule has 0 aliphatic carbocycles. The number of aromatic amines is 1. The second-order valence-corrected chi connectivity index (χ2v) is 3.80. The number of hydrogen-bond donors (Lipinski definition) is 3. The first-order valence-corrected chi connectivity index (χ1v) is 5.21. The van der Waals surface area contributed by atoms with Crippen molar-refractivity contribution in [2.45, 2.75) is 13.0 Å². The highest BCUT2D eigenvalue weighted by Gasteiger charge is 2.10. The third-order valence-corrected chi connectivity index (χ3v) is 2.46. The normalized spacial score (nSPS) is 12.7. The largest absolute Gasteiger partial charge is 0.384 e. The molecule has 1 heterocycles. The fourth-order valence-electron chi connectivity index (χ4n) is 1.58. The third kappa shape index (κ3) is 2.13. The SMILES string of the molecule is Cc1cccc(-c2cnc(C(O)CN)[nH]2)c1. The minimum Gasteiger partial charge on any atom is -0.384 e. The Hall–Kier alpha value is -1.65.